The maximum absolute atomic E-state index is 13.3. The number of benzene rings is 1. The number of carboxylic acids is 1. The third-order valence-electron chi connectivity index (χ3n) is 2.20. The molecule has 0 bridgehead atoms. The van der Waals surface area contributed by atoms with Gasteiger partial charge in [-0.15, -0.1) is 6.58 Å². The van der Waals surface area contributed by atoms with Gasteiger partial charge in [0.15, 0.2) is 0 Å². The van der Waals surface area contributed by atoms with Crippen LogP contribution in [0.4, 0.5) is 4.39 Å². The Hall–Kier alpha value is -2.37. The molecule has 1 aromatic carbocycles. The average Bonchev–Trinajstić information content (AvgIpc) is 2.27. The Balaban J connectivity index is 2.86. The molecule has 5 nitrogen and oxygen atoms in total. The monoisotopic (exact) mass is 253 g/mol. The number of hydrogen-bond acceptors (Lipinski definition) is 3. The van der Waals surface area contributed by atoms with Crippen molar-refractivity contribution in [3.05, 3.63) is 42.2 Å². The molecule has 1 amide bonds. The zero-order valence-electron chi connectivity index (χ0n) is 9.39. The van der Waals surface area contributed by atoms with Crippen molar-refractivity contribution >= 4 is 11.9 Å². The first-order valence-corrected chi connectivity index (χ1v) is 5.08. The van der Waals surface area contributed by atoms with E-state index in [2.05, 4.69) is 11.9 Å². The number of rotatable bonds is 5. The Morgan fingerprint density at radius 2 is 2.17 bits per heavy atom. The maximum atomic E-state index is 13.3. The fourth-order valence-corrected chi connectivity index (χ4v) is 1.31. The summed E-state index contributed by atoms with van der Waals surface area (Å²) in [4.78, 5) is 22.4. The van der Waals surface area contributed by atoms with Crippen molar-refractivity contribution in [3.63, 3.8) is 0 Å². The van der Waals surface area contributed by atoms with Crippen molar-refractivity contribution in [3.8, 4) is 5.75 Å². The van der Waals surface area contributed by atoms with Gasteiger partial charge in [-0.2, -0.15) is 0 Å². The van der Waals surface area contributed by atoms with Crippen LogP contribution in [0.1, 0.15) is 16.8 Å². The van der Waals surface area contributed by atoms with Crippen molar-refractivity contribution in [1.29, 1.82) is 0 Å². The van der Waals surface area contributed by atoms with Crippen molar-refractivity contribution < 1.29 is 24.2 Å². The summed E-state index contributed by atoms with van der Waals surface area (Å²) in [6.07, 6.45) is 1.37. The molecule has 0 radical (unpaired) electrons. The van der Waals surface area contributed by atoms with Gasteiger partial charge >= 0.3 is 5.97 Å². The van der Waals surface area contributed by atoms with Crippen LogP contribution in [0.2, 0.25) is 0 Å². The molecule has 1 aromatic rings. The van der Waals surface area contributed by atoms with Gasteiger partial charge in [0.25, 0.3) is 5.91 Å². The standard InChI is InChI=1S/C12H12FNO4/c1-2-3-10(12(17)18)14-11(16)8-5-4-7(15)6-9(8)13/h2,4-6,10,15H,1,3H2,(H,14,16)(H,17,18). The van der Waals surface area contributed by atoms with E-state index in [-0.39, 0.29) is 17.7 Å². The molecule has 1 atom stereocenters. The highest BCUT2D eigenvalue weighted by Gasteiger charge is 2.21. The molecule has 6 heteroatoms. The Morgan fingerprint density at radius 1 is 1.50 bits per heavy atom. The van der Waals surface area contributed by atoms with Gasteiger partial charge in [-0.05, 0) is 18.6 Å². The first-order valence-electron chi connectivity index (χ1n) is 5.08. The Bertz CT molecular complexity index is 487. The third-order valence-corrected chi connectivity index (χ3v) is 2.20. The first kappa shape index (κ1) is 13.7. The molecule has 96 valence electrons. The van der Waals surface area contributed by atoms with Crippen molar-refractivity contribution in [2.45, 2.75) is 12.5 Å². The van der Waals surface area contributed by atoms with E-state index in [9.17, 15) is 14.0 Å². The van der Waals surface area contributed by atoms with Crippen molar-refractivity contribution in [2.75, 3.05) is 0 Å². The number of nitrogens with one attached hydrogen (secondary N) is 1. The van der Waals surface area contributed by atoms with Crippen LogP contribution in [0.15, 0.2) is 30.9 Å². The lowest BCUT2D eigenvalue weighted by atomic mass is 10.1. The summed E-state index contributed by atoms with van der Waals surface area (Å²) in [5.41, 5.74) is -0.330. The van der Waals surface area contributed by atoms with E-state index in [1.54, 1.807) is 0 Å². The number of aromatic hydroxyl groups is 1. The van der Waals surface area contributed by atoms with Gasteiger partial charge in [0.1, 0.15) is 17.6 Å². The SMILES string of the molecule is C=CCC(NC(=O)c1ccc(O)cc1F)C(=O)O. The number of amides is 1. The summed E-state index contributed by atoms with van der Waals surface area (Å²) < 4.78 is 13.3. The summed E-state index contributed by atoms with van der Waals surface area (Å²) in [5.74, 6) is -3.33. The van der Waals surface area contributed by atoms with E-state index in [0.717, 1.165) is 18.2 Å². The fraction of sp³-hybridized carbons (Fsp3) is 0.167. The van der Waals surface area contributed by atoms with Gasteiger partial charge in [0, 0.05) is 6.07 Å². The number of phenolic OH excluding ortho intramolecular Hbond substituents is 1. The lowest BCUT2D eigenvalue weighted by molar-refractivity contribution is -0.139. The van der Waals surface area contributed by atoms with Gasteiger partial charge in [-0.3, -0.25) is 4.79 Å². The second-order valence-electron chi connectivity index (χ2n) is 3.55. The van der Waals surface area contributed by atoms with Gasteiger partial charge in [0.05, 0.1) is 5.56 Å². The highest BCUT2D eigenvalue weighted by atomic mass is 19.1. The van der Waals surface area contributed by atoms with Gasteiger partial charge in [-0.25, -0.2) is 9.18 Å². The topological polar surface area (TPSA) is 86.6 Å². The molecule has 1 rings (SSSR count). The molecule has 0 saturated carbocycles. The largest absolute Gasteiger partial charge is 0.508 e. The van der Waals surface area contributed by atoms with Gasteiger partial charge in [0.2, 0.25) is 0 Å². The highest BCUT2D eigenvalue weighted by molar-refractivity contribution is 5.96. The number of hydrogen-bond donors (Lipinski definition) is 3. The zero-order chi connectivity index (χ0) is 13.7. The minimum atomic E-state index is -1.23. The summed E-state index contributed by atoms with van der Waals surface area (Å²) >= 11 is 0. The molecular formula is C12H12FNO4. The molecule has 18 heavy (non-hydrogen) atoms. The first-order chi connectivity index (χ1) is 8.45. The summed E-state index contributed by atoms with van der Waals surface area (Å²) in [5, 5.41) is 20.0. The molecule has 0 aliphatic heterocycles. The molecule has 0 heterocycles. The van der Waals surface area contributed by atoms with E-state index in [0.29, 0.717) is 0 Å². The predicted octanol–water partition coefficient (Wildman–Crippen LogP) is 1.29. The predicted molar refractivity (Wildman–Crippen MR) is 61.8 cm³/mol. The zero-order valence-corrected chi connectivity index (χ0v) is 9.39. The highest BCUT2D eigenvalue weighted by Crippen LogP contribution is 2.15. The van der Waals surface area contributed by atoms with Crippen LogP contribution in [0.3, 0.4) is 0 Å². The molecule has 0 fully saturated rings. The van der Waals surface area contributed by atoms with E-state index in [1.165, 1.54) is 6.08 Å². The fourth-order valence-electron chi connectivity index (χ4n) is 1.31. The smallest absolute Gasteiger partial charge is 0.326 e. The van der Waals surface area contributed by atoms with E-state index in [4.69, 9.17) is 10.2 Å². The Labute approximate surface area is 103 Å². The molecule has 0 aromatic heterocycles. The molecule has 0 aliphatic rings. The summed E-state index contributed by atoms with van der Waals surface area (Å²) in [6, 6.07) is 1.83. The summed E-state index contributed by atoms with van der Waals surface area (Å²) in [7, 11) is 0. The maximum Gasteiger partial charge on any atom is 0.326 e. The molecule has 0 spiro atoms. The Morgan fingerprint density at radius 3 is 2.67 bits per heavy atom. The molecular weight excluding hydrogens is 241 g/mol. The second kappa shape index (κ2) is 5.81. The minimum Gasteiger partial charge on any atom is -0.508 e. The number of aliphatic carboxylic acids is 1. The van der Waals surface area contributed by atoms with Crippen LogP contribution < -0.4 is 5.32 Å². The van der Waals surface area contributed by atoms with E-state index < -0.39 is 23.7 Å². The van der Waals surface area contributed by atoms with Gasteiger partial charge in [-0.1, -0.05) is 6.08 Å². The molecule has 0 aliphatic carbocycles. The van der Waals surface area contributed by atoms with E-state index >= 15 is 0 Å². The number of phenols is 1. The normalized spacial score (nSPS) is 11.6. The van der Waals surface area contributed by atoms with Crippen LogP contribution in [-0.4, -0.2) is 28.1 Å². The molecule has 3 N–H and O–H groups in total. The van der Waals surface area contributed by atoms with Crippen LogP contribution >= 0.6 is 0 Å². The third kappa shape index (κ3) is 3.31. The molecule has 1 unspecified atom stereocenters. The van der Waals surface area contributed by atoms with Crippen LogP contribution in [0.25, 0.3) is 0 Å². The second-order valence-corrected chi connectivity index (χ2v) is 3.55. The number of carboxylic acid groups (broad SMARTS) is 1. The van der Waals surface area contributed by atoms with Crippen LogP contribution in [0, 0.1) is 5.82 Å². The van der Waals surface area contributed by atoms with Crippen molar-refractivity contribution in [2.24, 2.45) is 0 Å². The van der Waals surface area contributed by atoms with Gasteiger partial charge < -0.3 is 15.5 Å². The number of halogens is 1. The summed E-state index contributed by atoms with van der Waals surface area (Å²) in [6.45, 7) is 3.37. The van der Waals surface area contributed by atoms with Crippen LogP contribution in [-0.2, 0) is 4.79 Å². The Kier molecular flexibility index (Phi) is 4.42. The lowest BCUT2D eigenvalue weighted by Gasteiger charge is -2.12. The average molecular weight is 253 g/mol. The van der Waals surface area contributed by atoms with Crippen LogP contribution in [0.5, 0.6) is 5.75 Å². The number of carbonyl (C=O) groups excluding carboxylic acids is 1. The van der Waals surface area contributed by atoms with E-state index in [1.807, 2.05) is 0 Å². The molecule has 0 saturated heterocycles. The number of carbonyl (C=O) groups is 2. The minimum absolute atomic E-state index is 0.0285. The lowest BCUT2D eigenvalue weighted by Crippen LogP contribution is -2.40. The quantitative estimate of drug-likeness (QED) is 0.690. The van der Waals surface area contributed by atoms with Crippen molar-refractivity contribution in [1.82, 2.24) is 5.32 Å².